The normalized spacial score (nSPS) is 22.7. The quantitative estimate of drug-likeness (QED) is 0.705. The molecule has 0 fully saturated rings. The van der Waals surface area contributed by atoms with E-state index in [9.17, 15) is 13.2 Å². The lowest BCUT2D eigenvalue weighted by Gasteiger charge is -2.25. The van der Waals surface area contributed by atoms with Crippen molar-refractivity contribution in [2.75, 3.05) is 6.54 Å². The fourth-order valence-corrected chi connectivity index (χ4v) is 2.45. The maximum absolute atomic E-state index is 12.6. The van der Waals surface area contributed by atoms with E-state index in [1.165, 1.54) is 12.1 Å². The molecule has 20 heavy (non-hydrogen) atoms. The SMILES string of the molecule is CCC[N+]1(c2ccc(C(F)(F)F)cc2)C=C(Cl)C(C)=N1. The van der Waals surface area contributed by atoms with Crippen molar-refractivity contribution in [2.24, 2.45) is 5.10 Å². The van der Waals surface area contributed by atoms with Gasteiger partial charge in [0.05, 0.1) is 5.56 Å². The fraction of sp³-hybridized carbons (Fsp3) is 0.357. The first-order valence-electron chi connectivity index (χ1n) is 6.29. The van der Waals surface area contributed by atoms with Crippen molar-refractivity contribution in [3.63, 3.8) is 0 Å². The molecule has 0 amide bonds. The molecule has 6 heteroatoms. The van der Waals surface area contributed by atoms with Crippen LogP contribution in [0.1, 0.15) is 25.8 Å². The summed E-state index contributed by atoms with van der Waals surface area (Å²) in [7, 11) is 0. The Labute approximate surface area is 120 Å². The van der Waals surface area contributed by atoms with E-state index >= 15 is 0 Å². The number of hydrogen-bond donors (Lipinski definition) is 0. The molecular weight excluding hydrogens is 289 g/mol. The predicted octanol–water partition coefficient (Wildman–Crippen LogP) is 4.89. The van der Waals surface area contributed by atoms with Gasteiger partial charge in [0.1, 0.15) is 23.5 Å². The summed E-state index contributed by atoms with van der Waals surface area (Å²) in [6.07, 6.45) is -1.73. The van der Waals surface area contributed by atoms with Crippen LogP contribution in [0.5, 0.6) is 0 Å². The zero-order valence-electron chi connectivity index (χ0n) is 11.2. The number of hydrogen-bond acceptors (Lipinski definition) is 1. The van der Waals surface area contributed by atoms with Crippen LogP contribution in [0.4, 0.5) is 18.9 Å². The van der Waals surface area contributed by atoms with Crippen molar-refractivity contribution in [2.45, 2.75) is 26.4 Å². The topological polar surface area (TPSA) is 12.4 Å². The van der Waals surface area contributed by atoms with E-state index in [1.807, 2.05) is 6.92 Å². The summed E-state index contributed by atoms with van der Waals surface area (Å²) in [5.41, 5.74) is 0.709. The summed E-state index contributed by atoms with van der Waals surface area (Å²) in [5, 5.41) is 5.04. The highest BCUT2D eigenvalue weighted by molar-refractivity contribution is 6.43. The maximum Gasteiger partial charge on any atom is 0.416 e. The maximum atomic E-state index is 12.6. The number of alkyl halides is 3. The van der Waals surface area contributed by atoms with Gasteiger partial charge in [-0.25, -0.2) is 0 Å². The molecule has 0 spiro atoms. The second-order valence-corrected chi connectivity index (χ2v) is 5.16. The second kappa shape index (κ2) is 5.22. The average molecular weight is 304 g/mol. The van der Waals surface area contributed by atoms with Crippen molar-refractivity contribution in [1.29, 1.82) is 0 Å². The monoisotopic (exact) mass is 303 g/mol. The van der Waals surface area contributed by atoms with E-state index in [0.717, 1.165) is 18.6 Å². The molecule has 0 N–H and O–H groups in total. The van der Waals surface area contributed by atoms with Crippen molar-refractivity contribution in [3.05, 3.63) is 41.1 Å². The Morgan fingerprint density at radius 1 is 1.20 bits per heavy atom. The molecule has 2 rings (SSSR count). The summed E-state index contributed by atoms with van der Waals surface area (Å²) >= 11 is 6.07. The largest absolute Gasteiger partial charge is 0.416 e. The first kappa shape index (κ1) is 15.1. The third-order valence-electron chi connectivity index (χ3n) is 3.21. The Balaban J connectivity index is 2.43. The first-order valence-corrected chi connectivity index (χ1v) is 6.67. The molecule has 1 aliphatic heterocycles. The highest BCUT2D eigenvalue weighted by Gasteiger charge is 2.36. The highest BCUT2D eigenvalue weighted by atomic mass is 35.5. The van der Waals surface area contributed by atoms with E-state index in [4.69, 9.17) is 11.6 Å². The molecular formula is C14H15ClF3N2+. The van der Waals surface area contributed by atoms with Gasteiger partial charge in [-0.2, -0.15) is 13.2 Å². The zero-order valence-corrected chi connectivity index (χ0v) is 12.0. The van der Waals surface area contributed by atoms with Gasteiger partial charge in [0.2, 0.25) is 0 Å². The van der Waals surface area contributed by atoms with Gasteiger partial charge in [-0.3, -0.25) is 0 Å². The third kappa shape index (κ3) is 2.74. The van der Waals surface area contributed by atoms with Gasteiger partial charge in [0.25, 0.3) is 0 Å². The second-order valence-electron chi connectivity index (χ2n) is 4.76. The Kier molecular flexibility index (Phi) is 3.93. The molecule has 1 heterocycles. The molecule has 0 bridgehead atoms. The van der Waals surface area contributed by atoms with Crippen LogP contribution in [-0.4, -0.2) is 12.3 Å². The first-order chi connectivity index (χ1) is 9.28. The smallest absolute Gasteiger partial charge is 0.166 e. The molecule has 108 valence electrons. The fourth-order valence-electron chi connectivity index (χ4n) is 2.25. The minimum Gasteiger partial charge on any atom is -0.166 e. The van der Waals surface area contributed by atoms with E-state index in [-0.39, 0.29) is 4.59 Å². The number of nitrogens with zero attached hydrogens (tertiary/aromatic N) is 2. The summed E-state index contributed by atoms with van der Waals surface area (Å²) in [4.78, 5) is 0. The van der Waals surface area contributed by atoms with Crippen LogP contribution >= 0.6 is 11.6 Å². The van der Waals surface area contributed by atoms with E-state index in [2.05, 4.69) is 5.10 Å². The molecule has 1 atom stereocenters. The summed E-state index contributed by atoms with van der Waals surface area (Å²) < 4.78 is 37.9. The third-order valence-corrected chi connectivity index (χ3v) is 3.58. The van der Waals surface area contributed by atoms with Gasteiger partial charge in [-0.15, -0.1) is 4.59 Å². The van der Waals surface area contributed by atoms with Crippen LogP contribution in [-0.2, 0) is 6.18 Å². The van der Waals surface area contributed by atoms with Gasteiger partial charge >= 0.3 is 6.18 Å². The van der Waals surface area contributed by atoms with Gasteiger partial charge in [0, 0.05) is 12.1 Å². The summed E-state index contributed by atoms with van der Waals surface area (Å²) in [6.45, 7) is 4.44. The lowest BCUT2D eigenvalue weighted by Crippen LogP contribution is -2.37. The van der Waals surface area contributed by atoms with Crippen LogP contribution in [0.25, 0.3) is 0 Å². The van der Waals surface area contributed by atoms with Crippen molar-refractivity contribution in [1.82, 2.24) is 4.59 Å². The van der Waals surface area contributed by atoms with Gasteiger partial charge < -0.3 is 0 Å². The van der Waals surface area contributed by atoms with Gasteiger partial charge in [-0.1, -0.05) is 23.6 Å². The van der Waals surface area contributed by atoms with Crippen LogP contribution in [0, 0.1) is 0 Å². The van der Waals surface area contributed by atoms with E-state index < -0.39 is 11.7 Å². The number of benzene rings is 1. The van der Waals surface area contributed by atoms with Crippen LogP contribution < -0.4 is 4.59 Å². The van der Waals surface area contributed by atoms with Crippen LogP contribution in [0.15, 0.2) is 40.6 Å². The Hall–Kier alpha value is -1.33. The summed E-state index contributed by atoms with van der Waals surface area (Å²) in [6, 6.07) is 5.08. The molecule has 0 saturated carbocycles. The molecule has 0 aliphatic carbocycles. The molecule has 0 saturated heterocycles. The van der Waals surface area contributed by atoms with Crippen LogP contribution in [0.2, 0.25) is 0 Å². The molecule has 2 nitrogen and oxygen atoms in total. The average Bonchev–Trinajstić information content (AvgIpc) is 2.65. The lowest BCUT2D eigenvalue weighted by atomic mass is 10.2. The number of allylic oxidation sites excluding steroid dienone is 1. The Bertz CT molecular complexity index is 541. The standard InChI is InChI=1S/C14H15ClF3N2/c1-3-8-20(9-13(15)10(2)19-20)12-6-4-11(5-7-12)14(16,17)18/h4-7,9H,3,8H2,1-2H3/q+1. The Morgan fingerprint density at radius 2 is 1.80 bits per heavy atom. The minimum absolute atomic E-state index is 0.124. The number of quaternary nitrogens is 1. The molecule has 1 aromatic rings. The van der Waals surface area contributed by atoms with Crippen molar-refractivity contribution in [3.8, 4) is 0 Å². The van der Waals surface area contributed by atoms with Gasteiger partial charge in [0.15, 0.2) is 5.69 Å². The predicted molar refractivity (Wildman–Crippen MR) is 75.4 cm³/mol. The number of rotatable bonds is 3. The molecule has 0 aromatic heterocycles. The van der Waals surface area contributed by atoms with Gasteiger partial charge in [-0.05, 0) is 25.5 Å². The van der Waals surface area contributed by atoms with Crippen molar-refractivity contribution < 1.29 is 13.2 Å². The molecule has 1 unspecified atom stereocenters. The molecule has 0 radical (unpaired) electrons. The number of halogens is 4. The van der Waals surface area contributed by atoms with Crippen molar-refractivity contribution >= 4 is 23.0 Å². The minimum atomic E-state index is -4.33. The van der Waals surface area contributed by atoms with Crippen LogP contribution in [0.3, 0.4) is 0 Å². The highest BCUT2D eigenvalue weighted by Crippen LogP contribution is 2.35. The lowest BCUT2D eigenvalue weighted by molar-refractivity contribution is -0.137. The summed E-state index contributed by atoms with van der Waals surface area (Å²) in [5.74, 6) is 0. The molecule has 1 aliphatic rings. The zero-order chi connectivity index (χ0) is 15.0. The molecule has 1 aromatic carbocycles. The Morgan fingerprint density at radius 3 is 2.20 bits per heavy atom. The van der Waals surface area contributed by atoms with E-state index in [1.54, 1.807) is 13.1 Å². The van der Waals surface area contributed by atoms with E-state index in [0.29, 0.717) is 23.0 Å².